The molecule has 1 aromatic rings. The van der Waals surface area contributed by atoms with Crippen molar-refractivity contribution < 1.29 is 8.78 Å². The molecule has 0 radical (unpaired) electrons. The first kappa shape index (κ1) is 12.5. The second kappa shape index (κ2) is 5.61. The zero-order chi connectivity index (χ0) is 12.3. The highest BCUT2D eigenvalue weighted by molar-refractivity contribution is 5.17. The summed E-state index contributed by atoms with van der Waals surface area (Å²) in [6.07, 6.45) is 7.22. The maximum Gasteiger partial charge on any atom is 0.159 e. The summed E-state index contributed by atoms with van der Waals surface area (Å²) in [6, 6.07) is 4.26. The van der Waals surface area contributed by atoms with E-state index in [1.807, 2.05) is 0 Å². The monoisotopic (exact) mass is 238 g/mol. The molecule has 2 rings (SSSR count). The SMILES string of the molecule is CC1CCC(CCc2ccc(F)c(F)c2)CC1. The van der Waals surface area contributed by atoms with Crippen molar-refractivity contribution in [2.24, 2.45) is 11.8 Å². The highest BCUT2D eigenvalue weighted by Crippen LogP contribution is 2.31. The van der Waals surface area contributed by atoms with Gasteiger partial charge < -0.3 is 0 Å². The molecule has 0 unspecified atom stereocenters. The molecule has 0 aliphatic heterocycles. The van der Waals surface area contributed by atoms with Gasteiger partial charge in [-0.25, -0.2) is 8.78 Å². The molecule has 2 heteroatoms. The lowest BCUT2D eigenvalue weighted by Gasteiger charge is -2.26. The van der Waals surface area contributed by atoms with E-state index in [1.165, 1.54) is 37.8 Å². The minimum atomic E-state index is -0.750. The van der Waals surface area contributed by atoms with E-state index in [0.717, 1.165) is 30.2 Å². The summed E-state index contributed by atoms with van der Waals surface area (Å²) in [5.41, 5.74) is 0.919. The molecule has 1 aliphatic carbocycles. The lowest BCUT2D eigenvalue weighted by Crippen LogP contribution is -2.12. The van der Waals surface area contributed by atoms with Gasteiger partial charge in [0.1, 0.15) is 0 Å². The largest absolute Gasteiger partial charge is 0.204 e. The van der Waals surface area contributed by atoms with Crippen molar-refractivity contribution >= 4 is 0 Å². The topological polar surface area (TPSA) is 0 Å². The van der Waals surface area contributed by atoms with E-state index in [4.69, 9.17) is 0 Å². The van der Waals surface area contributed by atoms with Crippen LogP contribution in [0.1, 0.15) is 44.6 Å². The number of hydrogen-bond donors (Lipinski definition) is 0. The van der Waals surface area contributed by atoms with Crippen molar-refractivity contribution in [3.63, 3.8) is 0 Å². The Bertz CT molecular complexity index is 365. The standard InChI is InChI=1S/C15H20F2/c1-11-2-4-12(5-3-11)6-7-13-8-9-14(16)15(17)10-13/h8-12H,2-7H2,1H3. The van der Waals surface area contributed by atoms with Gasteiger partial charge in [-0.1, -0.05) is 38.7 Å². The van der Waals surface area contributed by atoms with Gasteiger partial charge in [-0.05, 0) is 42.4 Å². The van der Waals surface area contributed by atoms with Crippen LogP contribution < -0.4 is 0 Å². The fourth-order valence-corrected chi connectivity index (χ4v) is 2.68. The van der Waals surface area contributed by atoms with Crippen LogP contribution >= 0.6 is 0 Å². The minimum Gasteiger partial charge on any atom is -0.204 e. The van der Waals surface area contributed by atoms with E-state index in [0.29, 0.717) is 0 Å². The molecule has 1 aliphatic rings. The van der Waals surface area contributed by atoms with Crippen LogP contribution in [0.4, 0.5) is 8.78 Å². The van der Waals surface area contributed by atoms with Crippen LogP contribution in [0, 0.1) is 23.5 Å². The van der Waals surface area contributed by atoms with Gasteiger partial charge in [0.2, 0.25) is 0 Å². The van der Waals surface area contributed by atoms with E-state index in [-0.39, 0.29) is 0 Å². The Labute approximate surface area is 102 Å². The second-order valence-electron chi connectivity index (χ2n) is 5.41. The zero-order valence-electron chi connectivity index (χ0n) is 10.4. The quantitative estimate of drug-likeness (QED) is 0.714. The lowest BCUT2D eigenvalue weighted by molar-refractivity contribution is 0.277. The molecule has 0 amide bonds. The molecular weight excluding hydrogens is 218 g/mol. The third-order valence-electron chi connectivity index (χ3n) is 3.96. The van der Waals surface area contributed by atoms with Gasteiger partial charge in [0.25, 0.3) is 0 Å². The predicted octanol–water partition coefficient (Wildman–Crippen LogP) is 4.72. The predicted molar refractivity (Wildman–Crippen MR) is 65.8 cm³/mol. The summed E-state index contributed by atoms with van der Waals surface area (Å²) in [4.78, 5) is 0. The average Bonchev–Trinajstić information content (AvgIpc) is 2.33. The smallest absolute Gasteiger partial charge is 0.159 e. The van der Waals surface area contributed by atoms with Crippen LogP contribution in [0.5, 0.6) is 0 Å². The Morgan fingerprint density at radius 2 is 1.76 bits per heavy atom. The van der Waals surface area contributed by atoms with Crippen molar-refractivity contribution in [3.8, 4) is 0 Å². The van der Waals surface area contributed by atoms with Gasteiger partial charge in [-0.15, -0.1) is 0 Å². The van der Waals surface area contributed by atoms with E-state index < -0.39 is 11.6 Å². The minimum absolute atomic E-state index is 0.722. The number of rotatable bonds is 3. The molecule has 94 valence electrons. The molecule has 1 aromatic carbocycles. The van der Waals surface area contributed by atoms with Crippen molar-refractivity contribution in [1.82, 2.24) is 0 Å². The molecule has 0 atom stereocenters. The fraction of sp³-hybridized carbons (Fsp3) is 0.600. The Hall–Kier alpha value is -0.920. The number of halogens is 2. The summed E-state index contributed by atoms with van der Waals surface area (Å²) >= 11 is 0. The zero-order valence-corrected chi connectivity index (χ0v) is 10.4. The van der Waals surface area contributed by atoms with Crippen molar-refractivity contribution in [2.45, 2.75) is 45.4 Å². The van der Waals surface area contributed by atoms with Crippen molar-refractivity contribution in [2.75, 3.05) is 0 Å². The van der Waals surface area contributed by atoms with Crippen LogP contribution in [-0.2, 0) is 6.42 Å². The van der Waals surface area contributed by atoms with Gasteiger partial charge in [0, 0.05) is 0 Å². The maximum absolute atomic E-state index is 13.0. The number of aryl methyl sites for hydroxylation is 1. The molecule has 0 nitrogen and oxygen atoms in total. The second-order valence-corrected chi connectivity index (χ2v) is 5.41. The number of benzene rings is 1. The molecule has 0 saturated heterocycles. The van der Waals surface area contributed by atoms with E-state index >= 15 is 0 Å². The third kappa shape index (κ3) is 3.52. The van der Waals surface area contributed by atoms with Crippen LogP contribution in [0.25, 0.3) is 0 Å². The summed E-state index contributed by atoms with van der Waals surface area (Å²) in [5, 5.41) is 0. The Balaban J connectivity index is 1.83. The van der Waals surface area contributed by atoms with Gasteiger partial charge in [0.05, 0.1) is 0 Å². The Kier molecular flexibility index (Phi) is 4.14. The van der Waals surface area contributed by atoms with Crippen LogP contribution in [0.3, 0.4) is 0 Å². The first-order valence-electron chi connectivity index (χ1n) is 6.59. The van der Waals surface area contributed by atoms with E-state index in [9.17, 15) is 8.78 Å². The van der Waals surface area contributed by atoms with Crippen molar-refractivity contribution in [3.05, 3.63) is 35.4 Å². The normalized spacial score (nSPS) is 24.9. The molecular formula is C15H20F2. The van der Waals surface area contributed by atoms with E-state index in [1.54, 1.807) is 6.07 Å². The van der Waals surface area contributed by atoms with E-state index in [2.05, 4.69) is 6.92 Å². The molecule has 0 bridgehead atoms. The van der Waals surface area contributed by atoms with Crippen molar-refractivity contribution in [1.29, 1.82) is 0 Å². The van der Waals surface area contributed by atoms with Crippen LogP contribution in [0.15, 0.2) is 18.2 Å². The van der Waals surface area contributed by atoms with Crippen LogP contribution in [0.2, 0.25) is 0 Å². The van der Waals surface area contributed by atoms with Gasteiger partial charge in [0.15, 0.2) is 11.6 Å². The number of hydrogen-bond acceptors (Lipinski definition) is 0. The third-order valence-corrected chi connectivity index (χ3v) is 3.96. The van der Waals surface area contributed by atoms with Gasteiger partial charge >= 0.3 is 0 Å². The first-order chi connectivity index (χ1) is 8.15. The lowest BCUT2D eigenvalue weighted by atomic mass is 9.80. The Morgan fingerprint density at radius 3 is 2.41 bits per heavy atom. The summed E-state index contributed by atoms with van der Waals surface area (Å²) in [6.45, 7) is 2.31. The summed E-state index contributed by atoms with van der Waals surface area (Å²) in [7, 11) is 0. The molecule has 17 heavy (non-hydrogen) atoms. The molecule has 0 N–H and O–H groups in total. The molecule has 0 aromatic heterocycles. The molecule has 1 fully saturated rings. The summed E-state index contributed by atoms with van der Waals surface area (Å²) < 4.78 is 25.8. The highest BCUT2D eigenvalue weighted by atomic mass is 19.2. The maximum atomic E-state index is 13.0. The Morgan fingerprint density at radius 1 is 1.06 bits per heavy atom. The first-order valence-corrected chi connectivity index (χ1v) is 6.59. The van der Waals surface area contributed by atoms with Gasteiger partial charge in [-0.2, -0.15) is 0 Å². The molecule has 1 saturated carbocycles. The molecule has 0 spiro atoms. The summed E-state index contributed by atoms with van der Waals surface area (Å²) in [5.74, 6) is 0.175. The molecule has 0 heterocycles. The highest BCUT2D eigenvalue weighted by Gasteiger charge is 2.17. The van der Waals surface area contributed by atoms with Crippen LogP contribution in [-0.4, -0.2) is 0 Å². The fourth-order valence-electron chi connectivity index (χ4n) is 2.68. The van der Waals surface area contributed by atoms with Gasteiger partial charge in [-0.3, -0.25) is 0 Å². The average molecular weight is 238 g/mol.